The first-order valence-electron chi connectivity index (χ1n) is 7.55. The Bertz CT molecular complexity index is 552. The van der Waals surface area contributed by atoms with Crippen LogP contribution in [0.1, 0.15) is 36.1 Å². The minimum absolute atomic E-state index is 0.505. The van der Waals surface area contributed by atoms with Crippen molar-refractivity contribution in [2.75, 3.05) is 0 Å². The van der Waals surface area contributed by atoms with E-state index >= 15 is 0 Å². The van der Waals surface area contributed by atoms with Crippen LogP contribution in [-0.4, -0.2) is 6.04 Å². The Morgan fingerprint density at radius 3 is 2.10 bits per heavy atom. The van der Waals surface area contributed by atoms with Crippen molar-refractivity contribution in [3.05, 3.63) is 64.7 Å². The molecule has 2 nitrogen and oxygen atoms in total. The highest BCUT2D eigenvalue weighted by atomic mass is 16.5. The Kier molecular flexibility index (Phi) is 5.40. The summed E-state index contributed by atoms with van der Waals surface area (Å²) in [7, 11) is 0. The van der Waals surface area contributed by atoms with Crippen molar-refractivity contribution in [2.45, 2.75) is 46.9 Å². The van der Waals surface area contributed by atoms with E-state index in [-0.39, 0.29) is 0 Å². The molecule has 1 N–H and O–H groups in total. The summed E-state index contributed by atoms with van der Waals surface area (Å²) >= 11 is 0. The van der Waals surface area contributed by atoms with E-state index in [2.05, 4.69) is 63.3 Å². The Labute approximate surface area is 128 Å². The van der Waals surface area contributed by atoms with Crippen LogP contribution in [0.15, 0.2) is 42.5 Å². The predicted octanol–water partition coefficient (Wildman–Crippen LogP) is 4.38. The molecule has 0 aliphatic rings. The lowest BCUT2D eigenvalue weighted by molar-refractivity contribution is 0.306. The van der Waals surface area contributed by atoms with Gasteiger partial charge in [0.1, 0.15) is 12.4 Å². The van der Waals surface area contributed by atoms with E-state index in [1.54, 1.807) is 0 Å². The van der Waals surface area contributed by atoms with Crippen molar-refractivity contribution in [3.8, 4) is 5.75 Å². The highest BCUT2D eigenvalue weighted by Crippen LogP contribution is 2.16. The van der Waals surface area contributed by atoms with Crippen LogP contribution in [0.5, 0.6) is 5.75 Å². The summed E-state index contributed by atoms with van der Waals surface area (Å²) in [6.07, 6.45) is 0. The molecule has 112 valence electrons. The average Bonchev–Trinajstić information content (AvgIpc) is 2.43. The number of benzene rings is 2. The van der Waals surface area contributed by atoms with Gasteiger partial charge in [0.2, 0.25) is 0 Å². The standard InChI is InChI=1S/C19H25NO/c1-14(2)20-12-17-5-7-19(8-6-17)21-13-18-10-15(3)9-16(4)11-18/h5-11,14,20H,12-13H2,1-4H3. The van der Waals surface area contributed by atoms with Gasteiger partial charge in [-0.15, -0.1) is 0 Å². The van der Waals surface area contributed by atoms with E-state index in [1.165, 1.54) is 22.3 Å². The van der Waals surface area contributed by atoms with E-state index in [0.29, 0.717) is 12.6 Å². The lowest BCUT2D eigenvalue weighted by Gasteiger charge is -2.10. The van der Waals surface area contributed by atoms with Gasteiger partial charge in [0.25, 0.3) is 0 Å². The van der Waals surface area contributed by atoms with E-state index < -0.39 is 0 Å². The summed E-state index contributed by atoms with van der Waals surface area (Å²) < 4.78 is 5.86. The molecule has 0 atom stereocenters. The van der Waals surface area contributed by atoms with Crippen LogP contribution in [0.2, 0.25) is 0 Å². The van der Waals surface area contributed by atoms with Crippen LogP contribution in [0.3, 0.4) is 0 Å². The zero-order valence-electron chi connectivity index (χ0n) is 13.4. The normalized spacial score (nSPS) is 10.9. The smallest absolute Gasteiger partial charge is 0.119 e. The fraction of sp³-hybridized carbons (Fsp3) is 0.368. The van der Waals surface area contributed by atoms with E-state index in [4.69, 9.17) is 4.74 Å². The second-order valence-electron chi connectivity index (χ2n) is 5.96. The van der Waals surface area contributed by atoms with E-state index in [1.807, 2.05) is 12.1 Å². The van der Waals surface area contributed by atoms with E-state index in [0.717, 1.165) is 12.3 Å². The molecule has 2 aromatic rings. The highest BCUT2D eigenvalue weighted by molar-refractivity contribution is 5.30. The molecule has 2 aromatic carbocycles. The van der Waals surface area contributed by atoms with Gasteiger partial charge in [-0.05, 0) is 37.1 Å². The number of hydrogen-bond acceptors (Lipinski definition) is 2. The number of nitrogens with one attached hydrogen (secondary N) is 1. The van der Waals surface area contributed by atoms with Crippen molar-refractivity contribution < 1.29 is 4.74 Å². The number of ether oxygens (including phenoxy) is 1. The van der Waals surface area contributed by atoms with Crippen LogP contribution < -0.4 is 10.1 Å². The summed E-state index contributed by atoms with van der Waals surface area (Å²) in [5.74, 6) is 0.919. The third-order valence-corrected chi connectivity index (χ3v) is 3.32. The van der Waals surface area contributed by atoms with Gasteiger partial charge in [-0.2, -0.15) is 0 Å². The topological polar surface area (TPSA) is 21.3 Å². The van der Waals surface area contributed by atoms with Crippen molar-refractivity contribution in [2.24, 2.45) is 0 Å². The van der Waals surface area contributed by atoms with Crippen molar-refractivity contribution >= 4 is 0 Å². The number of hydrogen-bond donors (Lipinski definition) is 1. The molecule has 0 spiro atoms. The third kappa shape index (κ3) is 5.24. The number of rotatable bonds is 6. The van der Waals surface area contributed by atoms with Crippen molar-refractivity contribution in [1.29, 1.82) is 0 Å². The molecule has 0 aliphatic carbocycles. The Balaban J connectivity index is 1.91. The Morgan fingerprint density at radius 1 is 0.905 bits per heavy atom. The molecule has 0 saturated carbocycles. The van der Waals surface area contributed by atoms with E-state index in [9.17, 15) is 0 Å². The maximum Gasteiger partial charge on any atom is 0.119 e. The summed E-state index contributed by atoms with van der Waals surface area (Å²) in [5.41, 5.74) is 5.06. The first kappa shape index (κ1) is 15.6. The fourth-order valence-electron chi connectivity index (χ4n) is 2.34. The van der Waals surface area contributed by atoms with Crippen LogP contribution in [0.4, 0.5) is 0 Å². The summed E-state index contributed by atoms with van der Waals surface area (Å²) in [6, 6.07) is 15.4. The van der Waals surface area contributed by atoms with Gasteiger partial charge in [0.05, 0.1) is 0 Å². The highest BCUT2D eigenvalue weighted by Gasteiger charge is 2.00. The molecule has 0 unspecified atom stereocenters. The molecular formula is C19H25NO. The predicted molar refractivity (Wildman–Crippen MR) is 88.7 cm³/mol. The molecule has 21 heavy (non-hydrogen) atoms. The zero-order chi connectivity index (χ0) is 15.2. The molecule has 0 amide bonds. The second-order valence-corrected chi connectivity index (χ2v) is 5.96. The van der Waals surface area contributed by atoms with Crippen LogP contribution in [0.25, 0.3) is 0 Å². The molecule has 0 aliphatic heterocycles. The maximum absolute atomic E-state index is 5.86. The van der Waals surface area contributed by atoms with Gasteiger partial charge in [0.15, 0.2) is 0 Å². The maximum atomic E-state index is 5.86. The molecule has 0 saturated heterocycles. The molecule has 2 heteroatoms. The number of aryl methyl sites for hydroxylation is 2. The largest absolute Gasteiger partial charge is 0.489 e. The van der Waals surface area contributed by atoms with Crippen LogP contribution >= 0.6 is 0 Å². The molecular weight excluding hydrogens is 258 g/mol. The third-order valence-electron chi connectivity index (χ3n) is 3.32. The molecule has 2 rings (SSSR count). The SMILES string of the molecule is Cc1cc(C)cc(COc2ccc(CNC(C)C)cc2)c1. The average molecular weight is 283 g/mol. The van der Waals surface area contributed by atoms with Crippen LogP contribution in [0, 0.1) is 13.8 Å². The van der Waals surface area contributed by atoms with Gasteiger partial charge in [-0.1, -0.05) is 55.3 Å². The van der Waals surface area contributed by atoms with Gasteiger partial charge < -0.3 is 10.1 Å². The lowest BCUT2D eigenvalue weighted by atomic mass is 10.1. The summed E-state index contributed by atoms with van der Waals surface area (Å²) in [4.78, 5) is 0. The minimum Gasteiger partial charge on any atom is -0.489 e. The fourth-order valence-corrected chi connectivity index (χ4v) is 2.34. The lowest BCUT2D eigenvalue weighted by Crippen LogP contribution is -2.21. The first-order chi connectivity index (χ1) is 10.0. The van der Waals surface area contributed by atoms with Gasteiger partial charge in [-0.3, -0.25) is 0 Å². The minimum atomic E-state index is 0.505. The molecule has 0 fully saturated rings. The van der Waals surface area contributed by atoms with Crippen LogP contribution in [-0.2, 0) is 13.2 Å². The summed E-state index contributed by atoms with van der Waals surface area (Å²) in [5, 5.41) is 3.41. The quantitative estimate of drug-likeness (QED) is 0.849. The van der Waals surface area contributed by atoms with Gasteiger partial charge in [0, 0.05) is 12.6 Å². The zero-order valence-corrected chi connectivity index (χ0v) is 13.4. The van der Waals surface area contributed by atoms with Gasteiger partial charge >= 0.3 is 0 Å². The van der Waals surface area contributed by atoms with Crippen molar-refractivity contribution in [1.82, 2.24) is 5.32 Å². The van der Waals surface area contributed by atoms with Gasteiger partial charge in [-0.25, -0.2) is 0 Å². The molecule has 0 bridgehead atoms. The summed E-state index contributed by atoms with van der Waals surface area (Å²) in [6.45, 7) is 10.1. The monoisotopic (exact) mass is 283 g/mol. The molecule has 0 aromatic heterocycles. The second kappa shape index (κ2) is 7.28. The first-order valence-corrected chi connectivity index (χ1v) is 7.55. The molecule has 0 radical (unpaired) electrons. The molecule has 0 heterocycles. The Morgan fingerprint density at radius 2 is 1.52 bits per heavy atom. The van der Waals surface area contributed by atoms with Crippen molar-refractivity contribution in [3.63, 3.8) is 0 Å². The Hall–Kier alpha value is -1.80.